The van der Waals surface area contributed by atoms with E-state index >= 15 is 0 Å². The standard InChI is InChI=1S/C12H15N3O2S2/c1-7-5-18-11(13-7)14-10(17)8-6-19-12(2)4-3-9(16)15(8)12/h5,8H,3-4,6H2,1-2H3,(H,13,14,17)/t8-,12-/m0/s1. The summed E-state index contributed by atoms with van der Waals surface area (Å²) in [5.74, 6) is 0.627. The van der Waals surface area contributed by atoms with Gasteiger partial charge in [0.2, 0.25) is 11.8 Å². The van der Waals surface area contributed by atoms with Crippen molar-refractivity contribution in [3.8, 4) is 0 Å². The monoisotopic (exact) mass is 297 g/mol. The highest BCUT2D eigenvalue weighted by Crippen LogP contribution is 2.47. The Hall–Kier alpha value is -1.08. The summed E-state index contributed by atoms with van der Waals surface area (Å²) < 4.78 is 0. The Kier molecular flexibility index (Phi) is 3.05. The largest absolute Gasteiger partial charge is 0.315 e. The van der Waals surface area contributed by atoms with Gasteiger partial charge in [0.05, 0.1) is 10.6 Å². The lowest BCUT2D eigenvalue weighted by Crippen LogP contribution is -2.48. The molecular formula is C12H15N3O2S2. The van der Waals surface area contributed by atoms with Gasteiger partial charge in [0.1, 0.15) is 6.04 Å². The number of nitrogens with zero attached hydrogens (tertiary/aromatic N) is 2. The predicted octanol–water partition coefficient (Wildman–Crippen LogP) is 1.84. The molecule has 1 aromatic heterocycles. The van der Waals surface area contributed by atoms with Crippen LogP contribution in [0.2, 0.25) is 0 Å². The lowest BCUT2D eigenvalue weighted by atomic mass is 10.2. The van der Waals surface area contributed by atoms with Crippen molar-refractivity contribution in [2.24, 2.45) is 0 Å². The van der Waals surface area contributed by atoms with Gasteiger partial charge in [0.25, 0.3) is 0 Å². The van der Waals surface area contributed by atoms with E-state index < -0.39 is 0 Å². The molecule has 3 heterocycles. The number of carbonyl (C=O) groups excluding carboxylic acids is 2. The van der Waals surface area contributed by atoms with Crippen LogP contribution >= 0.6 is 23.1 Å². The lowest BCUT2D eigenvalue weighted by Gasteiger charge is -2.29. The van der Waals surface area contributed by atoms with Crippen LogP contribution in [-0.2, 0) is 9.59 Å². The number of aromatic nitrogens is 1. The van der Waals surface area contributed by atoms with Crippen molar-refractivity contribution in [3.05, 3.63) is 11.1 Å². The first kappa shape index (κ1) is 12.9. The van der Waals surface area contributed by atoms with Gasteiger partial charge in [0, 0.05) is 17.6 Å². The van der Waals surface area contributed by atoms with Gasteiger partial charge < -0.3 is 10.2 Å². The van der Waals surface area contributed by atoms with E-state index in [1.165, 1.54) is 11.3 Å². The third kappa shape index (κ3) is 2.14. The number of thioether (sulfide) groups is 1. The highest BCUT2D eigenvalue weighted by atomic mass is 32.2. The second kappa shape index (κ2) is 4.49. The first-order valence-corrected chi connectivity index (χ1v) is 8.05. The minimum atomic E-state index is -0.366. The third-order valence-corrected chi connectivity index (χ3v) is 5.98. The fourth-order valence-corrected chi connectivity index (χ4v) is 4.74. The quantitative estimate of drug-likeness (QED) is 0.905. The van der Waals surface area contributed by atoms with E-state index in [4.69, 9.17) is 0 Å². The number of amides is 2. The Labute approximate surface area is 119 Å². The zero-order chi connectivity index (χ0) is 13.6. The molecule has 5 nitrogen and oxygen atoms in total. The zero-order valence-corrected chi connectivity index (χ0v) is 12.4. The van der Waals surface area contributed by atoms with Crippen molar-refractivity contribution >= 4 is 40.0 Å². The van der Waals surface area contributed by atoms with Crippen molar-refractivity contribution < 1.29 is 9.59 Å². The smallest absolute Gasteiger partial charge is 0.249 e. The molecule has 2 saturated heterocycles. The maximum Gasteiger partial charge on any atom is 0.249 e. The molecule has 1 aromatic rings. The van der Waals surface area contributed by atoms with Crippen LogP contribution in [0.4, 0.5) is 5.13 Å². The summed E-state index contributed by atoms with van der Waals surface area (Å²) in [4.78, 5) is 30.0. The SMILES string of the molecule is Cc1csc(NC(=O)[C@@H]2CS[C@@]3(C)CCC(=O)N23)n1. The number of aryl methyl sites for hydroxylation is 1. The van der Waals surface area contributed by atoms with E-state index in [1.807, 2.05) is 19.2 Å². The summed E-state index contributed by atoms with van der Waals surface area (Å²) >= 11 is 3.11. The van der Waals surface area contributed by atoms with Crippen molar-refractivity contribution in [2.75, 3.05) is 11.1 Å². The first-order valence-electron chi connectivity index (χ1n) is 6.19. The normalized spacial score (nSPS) is 29.7. The summed E-state index contributed by atoms with van der Waals surface area (Å²) in [6.07, 6.45) is 1.38. The maximum absolute atomic E-state index is 12.3. The summed E-state index contributed by atoms with van der Waals surface area (Å²) in [5.41, 5.74) is 0.892. The molecule has 3 rings (SSSR count). The van der Waals surface area contributed by atoms with E-state index in [-0.39, 0.29) is 22.7 Å². The van der Waals surface area contributed by atoms with Gasteiger partial charge in [-0.15, -0.1) is 23.1 Å². The number of carbonyl (C=O) groups is 2. The topological polar surface area (TPSA) is 62.3 Å². The Morgan fingerprint density at radius 1 is 1.63 bits per heavy atom. The summed E-state index contributed by atoms with van der Waals surface area (Å²) in [7, 11) is 0. The van der Waals surface area contributed by atoms with Crippen LogP contribution in [0.15, 0.2) is 5.38 Å². The first-order chi connectivity index (χ1) is 8.99. The third-order valence-electron chi connectivity index (χ3n) is 3.60. The Morgan fingerprint density at radius 3 is 3.11 bits per heavy atom. The zero-order valence-electron chi connectivity index (χ0n) is 10.8. The van der Waals surface area contributed by atoms with Crippen LogP contribution in [0.3, 0.4) is 0 Å². The van der Waals surface area contributed by atoms with E-state index in [2.05, 4.69) is 10.3 Å². The second-order valence-corrected chi connectivity index (χ2v) is 7.41. The molecule has 1 N–H and O–H groups in total. The number of anilines is 1. The number of thiazole rings is 1. The number of nitrogens with one attached hydrogen (secondary N) is 1. The fraction of sp³-hybridized carbons (Fsp3) is 0.583. The van der Waals surface area contributed by atoms with Crippen LogP contribution < -0.4 is 5.32 Å². The predicted molar refractivity (Wildman–Crippen MR) is 76.2 cm³/mol. The van der Waals surface area contributed by atoms with Crippen LogP contribution in [-0.4, -0.2) is 38.4 Å². The molecule has 7 heteroatoms. The molecule has 102 valence electrons. The van der Waals surface area contributed by atoms with Crippen LogP contribution in [0.1, 0.15) is 25.5 Å². The lowest BCUT2D eigenvalue weighted by molar-refractivity contribution is -0.135. The minimum absolute atomic E-state index is 0.0861. The molecule has 0 aromatic carbocycles. The molecular weight excluding hydrogens is 282 g/mol. The molecule has 0 saturated carbocycles. The Morgan fingerprint density at radius 2 is 2.42 bits per heavy atom. The second-order valence-electron chi connectivity index (χ2n) is 5.05. The summed E-state index contributed by atoms with van der Waals surface area (Å²) in [6, 6.07) is -0.366. The molecule has 2 fully saturated rings. The summed E-state index contributed by atoms with van der Waals surface area (Å²) in [5, 5.41) is 5.31. The highest BCUT2D eigenvalue weighted by Gasteiger charge is 2.52. The fourth-order valence-electron chi connectivity index (χ4n) is 2.61. The molecule has 0 bridgehead atoms. The van der Waals surface area contributed by atoms with Gasteiger partial charge in [-0.05, 0) is 20.3 Å². The van der Waals surface area contributed by atoms with Gasteiger partial charge in [0.15, 0.2) is 5.13 Å². The molecule has 0 radical (unpaired) electrons. The maximum atomic E-state index is 12.3. The van der Waals surface area contributed by atoms with Crippen LogP contribution in [0.25, 0.3) is 0 Å². The van der Waals surface area contributed by atoms with E-state index in [0.29, 0.717) is 17.3 Å². The molecule has 2 aliphatic heterocycles. The van der Waals surface area contributed by atoms with E-state index in [1.54, 1.807) is 16.7 Å². The minimum Gasteiger partial charge on any atom is -0.315 e. The van der Waals surface area contributed by atoms with Crippen LogP contribution in [0, 0.1) is 6.92 Å². The van der Waals surface area contributed by atoms with Gasteiger partial charge in [-0.2, -0.15) is 0 Å². The van der Waals surface area contributed by atoms with Gasteiger partial charge in [-0.3, -0.25) is 9.59 Å². The van der Waals surface area contributed by atoms with Crippen LogP contribution in [0.5, 0.6) is 0 Å². The number of hydrogen-bond acceptors (Lipinski definition) is 5. The van der Waals surface area contributed by atoms with Crippen molar-refractivity contribution in [2.45, 2.75) is 37.6 Å². The van der Waals surface area contributed by atoms with Gasteiger partial charge >= 0.3 is 0 Å². The summed E-state index contributed by atoms with van der Waals surface area (Å²) in [6.45, 7) is 3.93. The average Bonchev–Trinajstić information content (AvgIpc) is 2.97. The van der Waals surface area contributed by atoms with E-state index in [0.717, 1.165) is 12.1 Å². The van der Waals surface area contributed by atoms with Crippen molar-refractivity contribution in [1.29, 1.82) is 0 Å². The highest BCUT2D eigenvalue weighted by molar-refractivity contribution is 8.01. The number of fused-ring (bicyclic) bond motifs is 1. The molecule has 2 atom stereocenters. The van der Waals surface area contributed by atoms with Gasteiger partial charge in [-0.25, -0.2) is 4.98 Å². The van der Waals surface area contributed by atoms with Gasteiger partial charge in [-0.1, -0.05) is 0 Å². The average molecular weight is 297 g/mol. The van der Waals surface area contributed by atoms with Crippen molar-refractivity contribution in [1.82, 2.24) is 9.88 Å². The molecule has 2 aliphatic rings. The van der Waals surface area contributed by atoms with Crippen molar-refractivity contribution in [3.63, 3.8) is 0 Å². The Balaban J connectivity index is 1.76. The molecule has 19 heavy (non-hydrogen) atoms. The molecule has 2 amide bonds. The number of hydrogen-bond donors (Lipinski definition) is 1. The molecule has 0 aliphatic carbocycles. The van der Waals surface area contributed by atoms with E-state index in [9.17, 15) is 9.59 Å². The molecule has 0 unspecified atom stereocenters. The Bertz CT molecular complexity index is 545. The molecule has 0 spiro atoms. The number of rotatable bonds is 2.